The molecule has 3 aromatic carbocycles. The number of hydrogen-bond acceptors (Lipinski definition) is 4. The molecular weight excluding hydrogens is 376 g/mol. The molecule has 3 aromatic rings. The van der Waals surface area contributed by atoms with Gasteiger partial charge in [-0.05, 0) is 24.3 Å². The first-order valence-electron chi connectivity index (χ1n) is 8.23. The fourth-order valence-corrected chi connectivity index (χ4v) is 2.51. The van der Waals surface area contributed by atoms with Gasteiger partial charge in [-0.1, -0.05) is 24.3 Å². The summed E-state index contributed by atoms with van der Waals surface area (Å²) in [6.45, 7) is 0. The molecule has 0 heterocycles. The first-order chi connectivity index (χ1) is 13.5. The van der Waals surface area contributed by atoms with Crippen molar-refractivity contribution in [3.05, 3.63) is 71.8 Å². The van der Waals surface area contributed by atoms with Crippen molar-refractivity contribution >= 4 is 11.4 Å². The number of nitrogens with one attached hydrogen (secondary N) is 2. The van der Waals surface area contributed by atoms with Crippen LogP contribution in [0.15, 0.2) is 48.5 Å². The Bertz CT molecular complexity index is 902. The maximum absolute atomic E-state index is 14.5. The van der Waals surface area contributed by atoms with E-state index in [4.69, 9.17) is 9.47 Å². The summed E-state index contributed by atoms with van der Waals surface area (Å²) in [6.07, 6.45) is 0. The lowest BCUT2D eigenvalue weighted by Gasteiger charge is -2.16. The van der Waals surface area contributed by atoms with Crippen LogP contribution in [0.5, 0.6) is 23.0 Å². The summed E-state index contributed by atoms with van der Waals surface area (Å²) in [5.41, 5.74) is 0.760. The van der Waals surface area contributed by atoms with Crippen LogP contribution in [0.3, 0.4) is 0 Å². The van der Waals surface area contributed by atoms with E-state index in [1.165, 1.54) is 12.1 Å². The Morgan fingerprint density at radius 3 is 1.21 bits per heavy atom. The molecule has 0 fully saturated rings. The van der Waals surface area contributed by atoms with Crippen molar-refractivity contribution < 1.29 is 27.0 Å². The van der Waals surface area contributed by atoms with Crippen molar-refractivity contribution in [2.45, 2.75) is 0 Å². The Labute approximate surface area is 158 Å². The molecule has 28 heavy (non-hydrogen) atoms. The maximum atomic E-state index is 14.5. The standard InChI is InChI=1S/C20H16F4N2O2/c1-25-11-7-3-5-9-13(11)27-19-15(21)17(23)20(18(24)16(19)22)28-14-10-6-4-8-12(14)26-2/h3-10,25-26H,1-2H3. The number of halogens is 4. The van der Waals surface area contributed by atoms with Gasteiger partial charge in [-0.25, -0.2) is 0 Å². The van der Waals surface area contributed by atoms with Gasteiger partial charge < -0.3 is 20.1 Å². The van der Waals surface area contributed by atoms with Crippen molar-refractivity contribution in [2.24, 2.45) is 0 Å². The minimum absolute atomic E-state index is 0.00389. The molecule has 8 heteroatoms. The van der Waals surface area contributed by atoms with E-state index in [1.807, 2.05) is 0 Å². The van der Waals surface area contributed by atoms with Crippen LogP contribution in [0.25, 0.3) is 0 Å². The Hall–Kier alpha value is -3.42. The number of benzene rings is 3. The highest BCUT2D eigenvalue weighted by atomic mass is 19.2. The number of para-hydroxylation sites is 4. The number of ether oxygens (including phenoxy) is 2. The third-order valence-corrected chi connectivity index (χ3v) is 3.92. The van der Waals surface area contributed by atoms with Gasteiger partial charge in [0.2, 0.25) is 34.8 Å². The Morgan fingerprint density at radius 1 is 0.571 bits per heavy atom. The average Bonchev–Trinajstić information content (AvgIpc) is 2.73. The van der Waals surface area contributed by atoms with Gasteiger partial charge in [0.25, 0.3) is 0 Å². The van der Waals surface area contributed by atoms with Crippen molar-refractivity contribution in [3.8, 4) is 23.0 Å². The highest BCUT2D eigenvalue weighted by molar-refractivity contribution is 5.59. The summed E-state index contributed by atoms with van der Waals surface area (Å²) >= 11 is 0. The van der Waals surface area contributed by atoms with Gasteiger partial charge in [-0.15, -0.1) is 0 Å². The summed E-state index contributed by atoms with van der Waals surface area (Å²) in [5.74, 6) is -9.24. The molecule has 146 valence electrons. The molecule has 0 aliphatic carbocycles. The van der Waals surface area contributed by atoms with E-state index in [2.05, 4.69) is 10.6 Å². The molecule has 2 N–H and O–H groups in total. The molecule has 0 amide bonds. The second-order valence-corrected chi connectivity index (χ2v) is 5.61. The van der Waals surface area contributed by atoms with Crippen LogP contribution in [0, 0.1) is 23.3 Å². The van der Waals surface area contributed by atoms with Crippen molar-refractivity contribution in [3.63, 3.8) is 0 Å². The van der Waals surface area contributed by atoms with Crippen LogP contribution in [0.4, 0.5) is 28.9 Å². The lowest BCUT2D eigenvalue weighted by molar-refractivity contribution is 0.331. The van der Waals surface area contributed by atoms with Crippen molar-refractivity contribution in [1.29, 1.82) is 0 Å². The Morgan fingerprint density at radius 2 is 0.893 bits per heavy atom. The summed E-state index contributed by atoms with van der Waals surface area (Å²) in [7, 11) is 3.12. The molecule has 0 saturated heterocycles. The lowest BCUT2D eigenvalue weighted by Crippen LogP contribution is -2.05. The molecule has 4 nitrogen and oxygen atoms in total. The number of rotatable bonds is 6. The Kier molecular flexibility index (Phi) is 5.58. The second kappa shape index (κ2) is 8.08. The summed E-state index contributed by atoms with van der Waals surface area (Å²) in [5, 5.41) is 5.50. The smallest absolute Gasteiger partial charge is 0.208 e. The van der Waals surface area contributed by atoms with Gasteiger partial charge >= 0.3 is 0 Å². The largest absolute Gasteiger partial charge is 0.449 e. The predicted molar refractivity (Wildman–Crippen MR) is 98.4 cm³/mol. The normalized spacial score (nSPS) is 10.5. The van der Waals surface area contributed by atoms with Crippen molar-refractivity contribution in [1.82, 2.24) is 0 Å². The van der Waals surface area contributed by atoms with E-state index in [1.54, 1.807) is 50.5 Å². The lowest BCUT2D eigenvalue weighted by atomic mass is 10.2. The molecule has 0 radical (unpaired) electrons. The van der Waals surface area contributed by atoms with Gasteiger partial charge in [0.05, 0.1) is 11.4 Å². The Balaban J connectivity index is 2.04. The zero-order chi connectivity index (χ0) is 20.3. The predicted octanol–water partition coefficient (Wildman–Crippen LogP) is 5.91. The van der Waals surface area contributed by atoms with Gasteiger partial charge in [0.15, 0.2) is 11.5 Å². The van der Waals surface area contributed by atoms with Gasteiger partial charge in [0, 0.05) is 14.1 Å². The van der Waals surface area contributed by atoms with Crippen LogP contribution in [-0.2, 0) is 0 Å². The first-order valence-corrected chi connectivity index (χ1v) is 8.23. The third kappa shape index (κ3) is 3.53. The van der Waals surface area contributed by atoms with Crippen LogP contribution >= 0.6 is 0 Å². The molecular formula is C20H16F4N2O2. The monoisotopic (exact) mass is 392 g/mol. The average molecular weight is 392 g/mol. The molecule has 3 rings (SSSR count). The molecule has 0 bridgehead atoms. The molecule has 0 aliphatic heterocycles. The fourth-order valence-electron chi connectivity index (χ4n) is 2.51. The van der Waals surface area contributed by atoms with Crippen LogP contribution in [0.1, 0.15) is 0 Å². The highest BCUT2D eigenvalue weighted by Crippen LogP contribution is 2.41. The molecule has 0 spiro atoms. The maximum Gasteiger partial charge on any atom is 0.208 e. The molecule has 0 saturated carbocycles. The quantitative estimate of drug-likeness (QED) is 0.404. The van der Waals surface area contributed by atoms with E-state index in [-0.39, 0.29) is 11.5 Å². The van der Waals surface area contributed by atoms with Crippen molar-refractivity contribution in [2.75, 3.05) is 24.7 Å². The fraction of sp³-hybridized carbons (Fsp3) is 0.100. The highest BCUT2D eigenvalue weighted by Gasteiger charge is 2.29. The topological polar surface area (TPSA) is 42.5 Å². The van der Waals surface area contributed by atoms with Crippen LogP contribution in [0.2, 0.25) is 0 Å². The SMILES string of the molecule is CNc1ccccc1Oc1c(F)c(F)c(Oc2ccccc2NC)c(F)c1F. The summed E-state index contributed by atoms with van der Waals surface area (Å²) < 4.78 is 68.2. The van der Waals surface area contributed by atoms with E-state index in [9.17, 15) is 17.6 Å². The molecule has 0 aromatic heterocycles. The van der Waals surface area contributed by atoms with Crippen LogP contribution in [-0.4, -0.2) is 14.1 Å². The van der Waals surface area contributed by atoms with Crippen LogP contribution < -0.4 is 20.1 Å². The second-order valence-electron chi connectivity index (χ2n) is 5.61. The number of anilines is 2. The van der Waals surface area contributed by atoms with E-state index >= 15 is 0 Å². The van der Waals surface area contributed by atoms with Gasteiger partial charge in [0.1, 0.15) is 0 Å². The minimum atomic E-state index is -1.71. The first kappa shape index (κ1) is 19.3. The van der Waals surface area contributed by atoms with E-state index in [0.29, 0.717) is 11.4 Å². The molecule has 0 unspecified atom stereocenters. The van der Waals surface area contributed by atoms with Gasteiger partial charge in [-0.3, -0.25) is 0 Å². The van der Waals surface area contributed by atoms with E-state index < -0.39 is 34.8 Å². The zero-order valence-corrected chi connectivity index (χ0v) is 14.9. The summed E-state index contributed by atoms with van der Waals surface area (Å²) in [4.78, 5) is 0. The zero-order valence-electron chi connectivity index (χ0n) is 14.9. The molecule has 0 atom stereocenters. The van der Waals surface area contributed by atoms with E-state index in [0.717, 1.165) is 0 Å². The minimum Gasteiger partial charge on any atom is -0.449 e. The van der Waals surface area contributed by atoms with Gasteiger partial charge in [-0.2, -0.15) is 17.6 Å². The third-order valence-electron chi connectivity index (χ3n) is 3.92. The summed E-state index contributed by atoms with van der Waals surface area (Å²) in [6, 6.07) is 12.3. The molecule has 0 aliphatic rings. The number of hydrogen-bond donors (Lipinski definition) is 2.